The Morgan fingerprint density at radius 1 is 0.917 bits per heavy atom. The van der Waals surface area contributed by atoms with Gasteiger partial charge in [-0.05, 0) is 56.2 Å². The highest BCUT2D eigenvalue weighted by atomic mass is 35.5. The van der Waals surface area contributed by atoms with Crippen LogP contribution >= 0.6 is 11.6 Å². The largest absolute Gasteiger partial charge is 0.353 e. The third-order valence-electron chi connectivity index (χ3n) is 7.66. The molecule has 2 aliphatic carbocycles. The Morgan fingerprint density at radius 3 is 2.36 bits per heavy atom. The van der Waals surface area contributed by atoms with Crippen molar-refractivity contribution in [1.29, 1.82) is 0 Å². The molecule has 1 aromatic rings. The van der Waals surface area contributed by atoms with Gasteiger partial charge in [0.15, 0.2) is 0 Å². The molecule has 1 saturated heterocycles. The van der Waals surface area contributed by atoms with Crippen LogP contribution in [0.2, 0.25) is 5.02 Å². The van der Waals surface area contributed by atoms with Gasteiger partial charge in [0.25, 0.3) is 0 Å². The second-order valence-electron chi connectivity index (χ2n) is 10.3. The summed E-state index contributed by atoms with van der Waals surface area (Å²) in [6, 6.07) is 6.91. The molecular weight excluding hydrogens is 480 g/mol. The van der Waals surface area contributed by atoms with Gasteiger partial charge in [-0.15, -0.1) is 0 Å². The van der Waals surface area contributed by atoms with Gasteiger partial charge in [0.2, 0.25) is 17.7 Å². The normalized spacial score (nSPS) is 22.5. The van der Waals surface area contributed by atoms with Crippen molar-refractivity contribution >= 4 is 35.4 Å². The maximum Gasteiger partial charge on any atom is 0.327 e. The minimum atomic E-state index is -0.389. The monoisotopic (exact) mass is 516 g/mol. The minimum absolute atomic E-state index is 0.0459. The number of amides is 5. The second kappa shape index (κ2) is 12.6. The molecule has 0 spiro atoms. The third-order valence-corrected chi connectivity index (χ3v) is 7.91. The summed E-state index contributed by atoms with van der Waals surface area (Å²) < 4.78 is 0. The summed E-state index contributed by atoms with van der Waals surface area (Å²) in [5.41, 5.74) is 0.919. The lowest BCUT2D eigenvalue weighted by Gasteiger charge is -2.46. The molecule has 4 rings (SSSR count). The molecule has 8 nitrogen and oxygen atoms in total. The Bertz CT molecular complexity index is 948. The lowest BCUT2D eigenvalue weighted by molar-refractivity contribution is -0.142. The van der Waals surface area contributed by atoms with Crippen molar-refractivity contribution in [2.45, 2.75) is 89.3 Å². The molecule has 1 heterocycles. The zero-order chi connectivity index (χ0) is 25.5. The molecule has 5 amide bonds. The van der Waals surface area contributed by atoms with Crippen molar-refractivity contribution in [3.05, 3.63) is 34.9 Å². The van der Waals surface area contributed by atoms with Crippen LogP contribution in [0.4, 0.5) is 4.79 Å². The fourth-order valence-electron chi connectivity index (χ4n) is 5.69. The number of carbonyl (C=O) groups is 4. The predicted octanol–water partition coefficient (Wildman–Crippen LogP) is 4.01. The fourth-order valence-corrected chi connectivity index (χ4v) is 5.82. The van der Waals surface area contributed by atoms with E-state index in [-0.39, 0.29) is 48.8 Å². The van der Waals surface area contributed by atoms with Crippen LogP contribution in [0.3, 0.4) is 0 Å². The third kappa shape index (κ3) is 6.78. The highest BCUT2D eigenvalue weighted by Crippen LogP contribution is 2.34. The van der Waals surface area contributed by atoms with E-state index in [0.717, 1.165) is 44.1 Å². The van der Waals surface area contributed by atoms with Gasteiger partial charge in [-0.1, -0.05) is 49.4 Å². The molecule has 2 atom stereocenters. The van der Waals surface area contributed by atoms with Crippen molar-refractivity contribution in [3.8, 4) is 0 Å². The van der Waals surface area contributed by atoms with E-state index in [1.807, 2.05) is 12.1 Å². The number of fused-ring (bicyclic) bond motifs is 1. The van der Waals surface area contributed by atoms with Crippen LogP contribution < -0.4 is 10.6 Å². The first-order chi connectivity index (χ1) is 17.4. The van der Waals surface area contributed by atoms with Gasteiger partial charge in [0.05, 0.1) is 5.92 Å². The SMILES string of the molecule is O=C(CN1C(=O)N(CCCCC(=O)NC2CCCC2)C(=O)C2CCCCC21)NCc1ccc(Cl)cc1. The van der Waals surface area contributed by atoms with Crippen LogP contribution in [-0.2, 0) is 20.9 Å². The van der Waals surface area contributed by atoms with Gasteiger partial charge in [0.1, 0.15) is 6.54 Å². The van der Waals surface area contributed by atoms with Gasteiger partial charge in [-0.25, -0.2) is 4.79 Å². The molecule has 36 heavy (non-hydrogen) atoms. The van der Waals surface area contributed by atoms with Crippen LogP contribution in [0.15, 0.2) is 24.3 Å². The number of rotatable bonds is 10. The lowest BCUT2D eigenvalue weighted by Crippen LogP contribution is -2.63. The first-order valence-corrected chi connectivity index (χ1v) is 13.7. The quantitative estimate of drug-likeness (QED) is 0.459. The number of imide groups is 1. The van der Waals surface area contributed by atoms with Crippen molar-refractivity contribution < 1.29 is 19.2 Å². The van der Waals surface area contributed by atoms with Gasteiger partial charge < -0.3 is 15.5 Å². The molecule has 1 aliphatic heterocycles. The van der Waals surface area contributed by atoms with Crippen molar-refractivity contribution in [1.82, 2.24) is 20.4 Å². The molecule has 196 valence electrons. The lowest BCUT2D eigenvalue weighted by atomic mass is 9.81. The van der Waals surface area contributed by atoms with Crippen LogP contribution in [0.5, 0.6) is 0 Å². The summed E-state index contributed by atoms with van der Waals surface area (Å²) in [6.45, 7) is 0.555. The Kier molecular flexibility index (Phi) is 9.24. The molecule has 2 unspecified atom stereocenters. The number of halogens is 1. The summed E-state index contributed by atoms with van der Waals surface area (Å²) in [6.07, 6.45) is 9.39. The maximum atomic E-state index is 13.4. The predicted molar refractivity (Wildman–Crippen MR) is 137 cm³/mol. The number of urea groups is 1. The summed E-state index contributed by atoms with van der Waals surface area (Å²) in [4.78, 5) is 54.4. The Balaban J connectivity index is 1.30. The first kappa shape index (κ1) is 26.5. The molecule has 0 radical (unpaired) electrons. The van der Waals surface area contributed by atoms with E-state index in [2.05, 4.69) is 10.6 Å². The zero-order valence-electron chi connectivity index (χ0n) is 20.8. The molecule has 3 fully saturated rings. The molecule has 2 saturated carbocycles. The minimum Gasteiger partial charge on any atom is -0.353 e. The van der Waals surface area contributed by atoms with Crippen LogP contribution in [0, 0.1) is 5.92 Å². The number of nitrogens with zero attached hydrogens (tertiary/aromatic N) is 2. The van der Waals surface area contributed by atoms with Crippen molar-refractivity contribution in [3.63, 3.8) is 0 Å². The summed E-state index contributed by atoms with van der Waals surface area (Å²) in [5.74, 6) is -0.589. The summed E-state index contributed by atoms with van der Waals surface area (Å²) in [5, 5.41) is 6.59. The molecule has 3 aliphatic rings. The van der Waals surface area contributed by atoms with E-state index in [0.29, 0.717) is 36.9 Å². The average Bonchev–Trinajstić information content (AvgIpc) is 3.38. The molecule has 0 bridgehead atoms. The Hall–Kier alpha value is -2.61. The van der Waals surface area contributed by atoms with Crippen LogP contribution in [0.1, 0.15) is 76.2 Å². The fraction of sp³-hybridized carbons (Fsp3) is 0.630. The number of hydrogen-bond acceptors (Lipinski definition) is 4. The van der Waals surface area contributed by atoms with Gasteiger partial charge in [0, 0.05) is 36.6 Å². The maximum absolute atomic E-state index is 13.4. The molecule has 2 N–H and O–H groups in total. The highest BCUT2D eigenvalue weighted by molar-refractivity contribution is 6.30. The standard InChI is InChI=1S/C27H37ClN4O4/c28-20-14-12-19(13-15-20)17-29-25(34)18-32-23-10-4-3-9-22(23)26(35)31(27(32)36)16-6-5-11-24(33)30-21-7-1-2-8-21/h12-15,21-23H,1-11,16-18H2,(H,29,34)(H,30,33). The van der Waals surface area contributed by atoms with Gasteiger partial charge >= 0.3 is 6.03 Å². The first-order valence-electron chi connectivity index (χ1n) is 13.3. The van der Waals surface area contributed by atoms with E-state index in [9.17, 15) is 19.2 Å². The number of hydrogen-bond donors (Lipinski definition) is 2. The van der Waals surface area contributed by atoms with Crippen molar-refractivity contribution in [2.24, 2.45) is 5.92 Å². The average molecular weight is 517 g/mol. The number of unbranched alkanes of at least 4 members (excludes halogenated alkanes) is 1. The van der Waals surface area contributed by atoms with Crippen molar-refractivity contribution in [2.75, 3.05) is 13.1 Å². The number of nitrogens with one attached hydrogen (secondary N) is 2. The van der Waals surface area contributed by atoms with E-state index in [1.54, 1.807) is 17.0 Å². The Morgan fingerprint density at radius 2 is 1.61 bits per heavy atom. The molecule has 9 heteroatoms. The van der Waals surface area contributed by atoms with E-state index < -0.39 is 0 Å². The van der Waals surface area contributed by atoms with E-state index in [4.69, 9.17) is 11.6 Å². The van der Waals surface area contributed by atoms with Gasteiger partial charge in [-0.2, -0.15) is 0 Å². The Labute approximate surface area is 218 Å². The van der Waals surface area contributed by atoms with E-state index in [1.165, 1.54) is 17.7 Å². The molecule has 1 aromatic carbocycles. The second-order valence-corrected chi connectivity index (χ2v) is 10.7. The van der Waals surface area contributed by atoms with Crippen LogP contribution in [0.25, 0.3) is 0 Å². The number of carbonyl (C=O) groups excluding carboxylic acids is 4. The molecular formula is C27H37ClN4O4. The zero-order valence-corrected chi connectivity index (χ0v) is 21.6. The van der Waals surface area contributed by atoms with Crippen LogP contribution in [-0.4, -0.2) is 58.7 Å². The highest BCUT2D eigenvalue weighted by Gasteiger charge is 2.47. The smallest absolute Gasteiger partial charge is 0.327 e. The van der Waals surface area contributed by atoms with E-state index >= 15 is 0 Å². The molecule has 0 aromatic heterocycles. The summed E-state index contributed by atoms with van der Waals surface area (Å²) in [7, 11) is 0. The topological polar surface area (TPSA) is 98.8 Å². The number of benzene rings is 1. The summed E-state index contributed by atoms with van der Waals surface area (Å²) >= 11 is 5.92. The van der Waals surface area contributed by atoms with Gasteiger partial charge in [-0.3, -0.25) is 19.3 Å².